The predicted molar refractivity (Wildman–Crippen MR) is 107 cm³/mol. The van der Waals surface area contributed by atoms with Crippen molar-refractivity contribution in [2.24, 2.45) is 5.73 Å². The fraction of sp³-hybridized carbons (Fsp3) is 0.125. The van der Waals surface area contributed by atoms with Gasteiger partial charge in [0.15, 0.2) is 0 Å². The lowest BCUT2D eigenvalue weighted by Crippen LogP contribution is -2.30. The molecule has 5 N–H and O–H groups in total. The molecule has 2 aromatic carbocycles. The van der Waals surface area contributed by atoms with Crippen LogP contribution in [0.3, 0.4) is 0 Å². The zero-order valence-electron chi connectivity index (χ0n) is 12.9. The summed E-state index contributed by atoms with van der Waals surface area (Å²) in [4.78, 5) is 24.4. The number of carbonyl (C=O) groups is 2. The zero-order chi connectivity index (χ0) is 18.4. The molecule has 25 heavy (non-hydrogen) atoms. The third kappa shape index (κ3) is 6.00. The highest BCUT2D eigenvalue weighted by molar-refractivity contribution is 9.10. The standard InChI is InChI=1S/C16H15Br2ClN4O2/c17-9-1-2-13(15(24)21-4-3-20)14(7-9)23-16(25)22-12-6-10(18)5-11(19)8-12/h1-2,5-8H,3-4,20H2,(H,21,24)(H2,22,23,25). The first-order valence-electron chi connectivity index (χ1n) is 7.21. The van der Waals surface area contributed by atoms with Gasteiger partial charge in [0, 0.05) is 32.7 Å². The predicted octanol–water partition coefficient (Wildman–Crippen LogP) is 4.20. The second kappa shape index (κ2) is 9.19. The molecule has 0 atom stereocenters. The van der Waals surface area contributed by atoms with Gasteiger partial charge in [-0.3, -0.25) is 4.79 Å². The number of rotatable bonds is 5. The van der Waals surface area contributed by atoms with Crippen LogP contribution in [0.25, 0.3) is 0 Å². The van der Waals surface area contributed by atoms with Gasteiger partial charge in [0.05, 0.1) is 11.3 Å². The number of urea groups is 1. The van der Waals surface area contributed by atoms with Gasteiger partial charge in [0.1, 0.15) is 0 Å². The Labute approximate surface area is 166 Å². The zero-order valence-corrected chi connectivity index (χ0v) is 16.8. The number of hydrogen-bond donors (Lipinski definition) is 4. The van der Waals surface area contributed by atoms with E-state index in [1.807, 2.05) is 0 Å². The molecule has 6 nitrogen and oxygen atoms in total. The molecule has 0 bridgehead atoms. The van der Waals surface area contributed by atoms with Crippen molar-refractivity contribution in [2.75, 3.05) is 23.7 Å². The second-order valence-electron chi connectivity index (χ2n) is 4.97. The first-order chi connectivity index (χ1) is 11.9. The number of hydrogen-bond acceptors (Lipinski definition) is 3. The van der Waals surface area contributed by atoms with Crippen molar-refractivity contribution in [2.45, 2.75) is 0 Å². The van der Waals surface area contributed by atoms with Crippen molar-refractivity contribution >= 4 is 66.8 Å². The van der Waals surface area contributed by atoms with E-state index in [1.54, 1.807) is 36.4 Å². The average molecular weight is 491 g/mol. The smallest absolute Gasteiger partial charge is 0.323 e. The number of nitrogens with two attached hydrogens (primary N) is 1. The Morgan fingerprint density at radius 1 is 1.04 bits per heavy atom. The molecular weight excluding hydrogens is 475 g/mol. The van der Waals surface area contributed by atoms with Crippen LogP contribution in [0.1, 0.15) is 10.4 Å². The molecule has 2 aromatic rings. The Morgan fingerprint density at radius 3 is 2.48 bits per heavy atom. The number of anilines is 2. The van der Waals surface area contributed by atoms with Crippen molar-refractivity contribution < 1.29 is 9.59 Å². The minimum Gasteiger partial charge on any atom is -0.351 e. The largest absolute Gasteiger partial charge is 0.351 e. The van der Waals surface area contributed by atoms with Crippen LogP contribution in [0.5, 0.6) is 0 Å². The Bertz CT molecular complexity index is 781. The van der Waals surface area contributed by atoms with Crippen molar-refractivity contribution in [1.82, 2.24) is 5.32 Å². The monoisotopic (exact) mass is 488 g/mol. The molecule has 2 rings (SSSR count). The summed E-state index contributed by atoms with van der Waals surface area (Å²) in [5.74, 6) is -0.321. The summed E-state index contributed by atoms with van der Waals surface area (Å²) in [6.45, 7) is 0.673. The molecule has 0 saturated heterocycles. The van der Waals surface area contributed by atoms with Gasteiger partial charge in [0.2, 0.25) is 0 Å². The molecule has 132 valence electrons. The Balaban J connectivity index is 2.16. The molecule has 9 heteroatoms. The van der Waals surface area contributed by atoms with Gasteiger partial charge in [-0.25, -0.2) is 4.79 Å². The summed E-state index contributed by atoms with van der Waals surface area (Å²) in [7, 11) is 0. The Kier molecular flexibility index (Phi) is 7.24. The van der Waals surface area contributed by atoms with Crippen LogP contribution in [0.15, 0.2) is 45.3 Å². The van der Waals surface area contributed by atoms with Gasteiger partial charge >= 0.3 is 6.03 Å². The normalized spacial score (nSPS) is 10.2. The summed E-state index contributed by atoms with van der Waals surface area (Å²) >= 11 is 12.6. The van der Waals surface area contributed by atoms with Crippen LogP contribution >= 0.6 is 43.5 Å². The van der Waals surface area contributed by atoms with E-state index in [1.165, 1.54) is 0 Å². The van der Waals surface area contributed by atoms with Crippen molar-refractivity contribution in [3.05, 3.63) is 55.9 Å². The van der Waals surface area contributed by atoms with Crippen LogP contribution in [0.2, 0.25) is 5.02 Å². The summed E-state index contributed by atoms with van der Waals surface area (Å²) in [6.07, 6.45) is 0. The number of carbonyl (C=O) groups excluding carboxylic acids is 2. The summed E-state index contributed by atoms with van der Waals surface area (Å²) < 4.78 is 1.46. The lowest BCUT2D eigenvalue weighted by molar-refractivity contribution is 0.0955. The molecule has 0 radical (unpaired) electrons. The van der Waals surface area contributed by atoms with Gasteiger partial charge in [-0.2, -0.15) is 0 Å². The maximum atomic E-state index is 12.3. The molecule has 0 heterocycles. The average Bonchev–Trinajstić information content (AvgIpc) is 2.51. The lowest BCUT2D eigenvalue weighted by atomic mass is 10.1. The maximum Gasteiger partial charge on any atom is 0.323 e. The first-order valence-corrected chi connectivity index (χ1v) is 9.17. The van der Waals surface area contributed by atoms with Crippen LogP contribution in [0, 0.1) is 0 Å². The lowest BCUT2D eigenvalue weighted by Gasteiger charge is -2.13. The molecule has 0 aliphatic rings. The third-order valence-electron chi connectivity index (χ3n) is 3.02. The number of benzene rings is 2. The van der Waals surface area contributed by atoms with Gasteiger partial charge in [-0.05, 0) is 36.4 Å². The summed E-state index contributed by atoms with van der Waals surface area (Å²) in [6, 6.07) is 9.50. The maximum absolute atomic E-state index is 12.3. The Morgan fingerprint density at radius 2 is 1.80 bits per heavy atom. The van der Waals surface area contributed by atoms with E-state index in [4.69, 9.17) is 17.3 Å². The van der Waals surface area contributed by atoms with Crippen molar-refractivity contribution in [3.8, 4) is 0 Å². The van der Waals surface area contributed by atoms with E-state index in [-0.39, 0.29) is 5.91 Å². The SMILES string of the molecule is NCCNC(=O)c1ccc(Br)cc1NC(=O)Nc1cc(Cl)cc(Br)c1. The highest BCUT2D eigenvalue weighted by atomic mass is 79.9. The molecule has 0 saturated carbocycles. The summed E-state index contributed by atoms with van der Waals surface area (Å²) in [5, 5.41) is 8.49. The van der Waals surface area contributed by atoms with Gasteiger partial charge in [-0.15, -0.1) is 0 Å². The highest BCUT2D eigenvalue weighted by Gasteiger charge is 2.14. The van der Waals surface area contributed by atoms with E-state index in [9.17, 15) is 9.59 Å². The van der Waals surface area contributed by atoms with Crippen LogP contribution < -0.4 is 21.7 Å². The highest BCUT2D eigenvalue weighted by Crippen LogP contribution is 2.24. The summed E-state index contributed by atoms with van der Waals surface area (Å²) in [5.41, 5.74) is 6.60. The Hall–Kier alpha value is -1.61. The van der Waals surface area contributed by atoms with Gasteiger partial charge in [0.25, 0.3) is 5.91 Å². The van der Waals surface area contributed by atoms with E-state index < -0.39 is 6.03 Å². The van der Waals surface area contributed by atoms with Gasteiger partial charge in [-0.1, -0.05) is 43.5 Å². The third-order valence-corrected chi connectivity index (χ3v) is 4.19. The van der Waals surface area contributed by atoms with E-state index in [2.05, 4.69) is 47.8 Å². The van der Waals surface area contributed by atoms with Gasteiger partial charge < -0.3 is 21.7 Å². The van der Waals surface area contributed by atoms with Crippen LogP contribution in [-0.2, 0) is 0 Å². The van der Waals surface area contributed by atoms with Crippen molar-refractivity contribution in [1.29, 1.82) is 0 Å². The van der Waals surface area contributed by atoms with Crippen LogP contribution in [0.4, 0.5) is 16.2 Å². The minimum absolute atomic E-state index is 0.321. The van der Waals surface area contributed by atoms with E-state index >= 15 is 0 Å². The second-order valence-corrected chi connectivity index (χ2v) is 7.24. The number of nitrogens with one attached hydrogen (secondary N) is 3. The number of halogens is 3. The van der Waals surface area contributed by atoms with Crippen molar-refractivity contribution in [3.63, 3.8) is 0 Å². The van der Waals surface area contributed by atoms with E-state index in [0.717, 1.165) is 8.95 Å². The molecule has 3 amide bonds. The first kappa shape index (κ1) is 19.7. The fourth-order valence-corrected chi connectivity index (χ4v) is 3.23. The van der Waals surface area contributed by atoms with E-state index in [0.29, 0.717) is 35.1 Å². The molecule has 0 unspecified atom stereocenters. The molecule has 0 aliphatic heterocycles. The number of amides is 3. The molecule has 0 aliphatic carbocycles. The molecule has 0 fully saturated rings. The topological polar surface area (TPSA) is 96.2 Å². The fourth-order valence-electron chi connectivity index (χ4n) is 2.01. The molecular formula is C16H15Br2ClN4O2. The quantitative estimate of drug-likeness (QED) is 0.506. The molecule has 0 aromatic heterocycles. The molecule has 0 spiro atoms. The minimum atomic E-state index is -0.500. The van der Waals surface area contributed by atoms with Crippen LogP contribution in [-0.4, -0.2) is 25.0 Å².